The lowest BCUT2D eigenvalue weighted by Crippen LogP contribution is -2.21. The van der Waals surface area contributed by atoms with Crippen LogP contribution in [0.3, 0.4) is 0 Å². The van der Waals surface area contributed by atoms with Gasteiger partial charge in [-0.1, -0.05) is 25.8 Å². The molecule has 1 aliphatic rings. The predicted molar refractivity (Wildman–Crippen MR) is 59.7 cm³/mol. The van der Waals surface area contributed by atoms with Crippen LogP contribution in [-0.2, 0) is 0 Å². The fourth-order valence-corrected chi connectivity index (χ4v) is 2.59. The summed E-state index contributed by atoms with van der Waals surface area (Å²) in [4.78, 5) is 0. The first kappa shape index (κ1) is 10.8. The Balaban J connectivity index is 2.29. The lowest BCUT2D eigenvalue weighted by atomic mass is 9.73. The van der Waals surface area contributed by atoms with Crippen molar-refractivity contribution in [1.29, 1.82) is 0 Å². The zero-order valence-electron chi connectivity index (χ0n) is 9.47. The predicted octanol–water partition coefficient (Wildman–Crippen LogP) is 4.42. The van der Waals surface area contributed by atoms with Gasteiger partial charge in [-0.25, -0.2) is 0 Å². The Labute approximate surface area is 83.4 Å². The van der Waals surface area contributed by atoms with Crippen LogP contribution in [0.4, 0.5) is 0 Å². The molecule has 1 saturated carbocycles. The van der Waals surface area contributed by atoms with E-state index in [1.165, 1.54) is 37.7 Å². The van der Waals surface area contributed by atoms with Gasteiger partial charge in [-0.3, -0.25) is 0 Å². The topological polar surface area (TPSA) is 0 Å². The molecule has 0 spiro atoms. The summed E-state index contributed by atoms with van der Waals surface area (Å²) in [6, 6.07) is 0. The lowest BCUT2D eigenvalue weighted by molar-refractivity contribution is 0.194. The van der Waals surface area contributed by atoms with E-state index in [2.05, 4.69) is 27.4 Å². The van der Waals surface area contributed by atoms with E-state index < -0.39 is 0 Å². The summed E-state index contributed by atoms with van der Waals surface area (Å²) in [6.07, 6.45) is 6.97. The van der Waals surface area contributed by atoms with Gasteiger partial charge in [0.15, 0.2) is 0 Å². The second-order valence-electron chi connectivity index (χ2n) is 5.15. The summed E-state index contributed by atoms with van der Waals surface area (Å²) in [7, 11) is 0. The first-order chi connectivity index (χ1) is 6.09. The Hall–Kier alpha value is -0.260. The van der Waals surface area contributed by atoms with Crippen molar-refractivity contribution >= 4 is 0 Å². The summed E-state index contributed by atoms with van der Waals surface area (Å²) in [5.74, 6) is 2.90. The van der Waals surface area contributed by atoms with Crippen molar-refractivity contribution in [2.45, 2.75) is 52.9 Å². The third kappa shape index (κ3) is 3.54. The van der Waals surface area contributed by atoms with Crippen LogP contribution in [0.1, 0.15) is 52.9 Å². The molecule has 3 unspecified atom stereocenters. The largest absolute Gasteiger partial charge is 0.100 e. The van der Waals surface area contributed by atoms with E-state index in [9.17, 15) is 0 Å². The van der Waals surface area contributed by atoms with Crippen molar-refractivity contribution < 1.29 is 0 Å². The van der Waals surface area contributed by atoms with Gasteiger partial charge in [0.1, 0.15) is 0 Å². The quantitative estimate of drug-likeness (QED) is 0.564. The zero-order chi connectivity index (χ0) is 9.84. The van der Waals surface area contributed by atoms with Crippen LogP contribution < -0.4 is 0 Å². The zero-order valence-corrected chi connectivity index (χ0v) is 9.47. The Kier molecular flexibility index (Phi) is 4.02. The van der Waals surface area contributed by atoms with Crippen molar-refractivity contribution in [2.75, 3.05) is 0 Å². The first-order valence-electron chi connectivity index (χ1n) is 5.74. The number of rotatable bonds is 3. The fourth-order valence-electron chi connectivity index (χ4n) is 2.59. The first-order valence-corrected chi connectivity index (χ1v) is 5.74. The highest BCUT2D eigenvalue weighted by atomic mass is 14.3. The molecule has 0 aromatic heterocycles. The summed E-state index contributed by atoms with van der Waals surface area (Å²) in [5.41, 5.74) is 1.35. The molecule has 0 nitrogen and oxygen atoms in total. The van der Waals surface area contributed by atoms with Gasteiger partial charge in [-0.05, 0) is 50.4 Å². The van der Waals surface area contributed by atoms with Crippen molar-refractivity contribution in [1.82, 2.24) is 0 Å². The van der Waals surface area contributed by atoms with Crippen LogP contribution in [0.5, 0.6) is 0 Å². The third-order valence-corrected chi connectivity index (χ3v) is 3.55. The Morgan fingerprint density at radius 2 is 2.00 bits per heavy atom. The second-order valence-corrected chi connectivity index (χ2v) is 5.15. The molecule has 0 bridgehead atoms. The highest BCUT2D eigenvalue weighted by Gasteiger charge is 2.24. The molecule has 13 heavy (non-hydrogen) atoms. The third-order valence-electron chi connectivity index (χ3n) is 3.55. The van der Waals surface area contributed by atoms with Crippen molar-refractivity contribution in [3.05, 3.63) is 12.2 Å². The van der Waals surface area contributed by atoms with Gasteiger partial charge >= 0.3 is 0 Å². The van der Waals surface area contributed by atoms with Gasteiger partial charge in [0, 0.05) is 0 Å². The summed E-state index contributed by atoms with van der Waals surface area (Å²) in [5, 5.41) is 0. The maximum Gasteiger partial charge on any atom is -0.0323 e. The van der Waals surface area contributed by atoms with Crippen LogP contribution >= 0.6 is 0 Å². The van der Waals surface area contributed by atoms with E-state index in [-0.39, 0.29) is 0 Å². The molecule has 0 radical (unpaired) electrons. The average molecular weight is 180 g/mol. The van der Waals surface area contributed by atoms with Crippen LogP contribution in [0, 0.1) is 17.8 Å². The molecule has 0 amide bonds. The normalized spacial score (nSPS) is 34.5. The molecule has 0 aliphatic heterocycles. The van der Waals surface area contributed by atoms with Gasteiger partial charge in [0.25, 0.3) is 0 Å². The molecule has 0 heteroatoms. The second kappa shape index (κ2) is 4.83. The van der Waals surface area contributed by atoms with E-state index in [1.54, 1.807) is 0 Å². The minimum atomic E-state index is 0.947. The van der Waals surface area contributed by atoms with Crippen molar-refractivity contribution in [3.8, 4) is 0 Å². The van der Waals surface area contributed by atoms with Crippen LogP contribution in [0.15, 0.2) is 12.2 Å². The molecular formula is C13H24. The fraction of sp³-hybridized carbons (Fsp3) is 0.846. The van der Waals surface area contributed by atoms with E-state index in [1.807, 2.05) is 0 Å². The van der Waals surface area contributed by atoms with E-state index >= 15 is 0 Å². The summed E-state index contributed by atoms with van der Waals surface area (Å²) < 4.78 is 0. The Bertz CT molecular complexity index is 169. The number of allylic oxidation sites excluding steroid dienone is 1. The average Bonchev–Trinajstić information content (AvgIpc) is 2.02. The van der Waals surface area contributed by atoms with Crippen molar-refractivity contribution in [2.24, 2.45) is 17.8 Å². The molecule has 1 rings (SSSR count). The van der Waals surface area contributed by atoms with Gasteiger partial charge in [-0.15, -0.1) is 6.58 Å². The minimum absolute atomic E-state index is 0.947. The molecular weight excluding hydrogens is 156 g/mol. The molecule has 1 aliphatic carbocycles. The highest BCUT2D eigenvalue weighted by molar-refractivity contribution is 4.89. The molecule has 0 aromatic carbocycles. The maximum atomic E-state index is 3.98. The van der Waals surface area contributed by atoms with E-state index in [0.717, 1.165) is 17.8 Å². The summed E-state index contributed by atoms with van der Waals surface area (Å²) in [6.45, 7) is 11.0. The minimum Gasteiger partial charge on any atom is -0.100 e. The van der Waals surface area contributed by atoms with E-state index in [0.29, 0.717) is 0 Å². The Morgan fingerprint density at radius 1 is 1.31 bits per heavy atom. The van der Waals surface area contributed by atoms with E-state index in [4.69, 9.17) is 0 Å². The molecule has 3 atom stereocenters. The molecule has 0 saturated heterocycles. The van der Waals surface area contributed by atoms with Crippen molar-refractivity contribution in [3.63, 3.8) is 0 Å². The van der Waals surface area contributed by atoms with Crippen LogP contribution in [0.2, 0.25) is 0 Å². The van der Waals surface area contributed by atoms with Crippen LogP contribution in [-0.4, -0.2) is 0 Å². The number of hydrogen-bond donors (Lipinski definition) is 0. The highest BCUT2D eigenvalue weighted by Crippen LogP contribution is 2.36. The summed E-state index contributed by atoms with van der Waals surface area (Å²) >= 11 is 0. The standard InChI is InChI=1S/C13H24/c1-10(2)5-7-13-8-6-11(3)9-12(13)4/h11-13H,1,5-9H2,2-4H3. The molecule has 0 heterocycles. The maximum absolute atomic E-state index is 3.98. The van der Waals surface area contributed by atoms with Gasteiger partial charge < -0.3 is 0 Å². The molecule has 0 aromatic rings. The SMILES string of the molecule is C=C(C)CCC1CCC(C)CC1C. The molecule has 1 fully saturated rings. The monoisotopic (exact) mass is 180 g/mol. The molecule has 0 N–H and O–H groups in total. The van der Waals surface area contributed by atoms with Gasteiger partial charge in [0.05, 0.1) is 0 Å². The van der Waals surface area contributed by atoms with Gasteiger partial charge in [-0.2, -0.15) is 0 Å². The lowest BCUT2D eigenvalue weighted by Gasteiger charge is -2.32. The van der Waals surface area contributed by atoms with Gasteiger partial charge in [0.2, 0.25) is 0 Å². The number of hydrogen-bond acceptors (Lipinski definition) is 0. The smallest absolute Gasteiger partial charge is 0.0323 e. The Morgan fingerprint density at radius 3 is 2.54 bits per heavy atom. The van der Waals surface area contributed by atoms with Crippen LogP contribution in [0.25, 0.3) is 0 Å². The molecule has 76 valence electrons.